The van der Waals surface area contributed by atoms with Gasteiger partial charge in [0.15, 0.2) is 6.73 Å². The molecule has 110 valence electrons. The van der Waals surface area contributed by atoms with E-state index in [0.29, 0.717) is 6.73 Å². The zero-order chi connectivity index (χ0) is 15.1. The van der Waals surface area contributed by atoms with Crippen LogP contribution in [-0.2, 0) is 6.54 Å². The second-order valence-corrected chi connectivity index (χ2v) is 5.98. The van der Waals surface area contributed by atoms with Crippen LogP contribution in [0.25, 0.3) is 10.8 Å². The van der Waals surface area contributed by atoms with Gasteiger partial charge in [-0.2, -0.15) is 0 Å². The van der Waals surface area contributed by atoms with Gasteiger partial charge in [0.2, 0.25) is 0 Å². The topological polar surface area (TPSA) is 12.5 Å². The van der Waals surface area contributed by atoms with Crippen molar-refractivity contribution in [1.29, 1.82) is 0 Å². The highest BCUT2D eigenvalue weighted by Crippen LogP contribution is 2.35. The van der Waals surface area contributed by atoms with E-state index in [2.05, 4.69) is 73.3 Å². The third-order valence-corrected chi connectivity index (χ3v) is 4.48. The molecule has 0 spiro atoms. The first-order valence-corrected chi connectivity index (χ1v) is 7.68. The molecule has 0 saturated carbocycles. The van der Waals surface area contributed by atoms with Crippen LogP contribution in [0.15, 0.2) is 54.6 Å². The monoisotopic (exact) mass is 289 g/mol. The molecular formula is C20H19NO. The highest BCUT2D eigenvalue weighted by Gasteiger charge is 2.21. The quantitative estimate of drug-likeness (QED) is 0.637. The molecule has 0 aromatic heterocycles. The number of ether oxygens (including phenoxy) is 1. The zero-order valence-electron chi connectivity index (χ0n) is 13.0. The normalized spacial score (nSPS) is 13.8. The smallest absolute Gasteiger partial charge is 0.161 e. The number of benzene rings is 3. The summed E-state index contributed by atoms with van der Waals surface area (Å²) >= 11 is 0. The van der Waals surface area contributed by atoms with E-state index in [-0.39, 0.29) is 0 Å². The maximum atomic E-state index is 6.03. The summed E-state index contributed by atoms with van der Waals surface area (Å²) in [7, 11) is 0. The van der Waals surface area contributed by atoms with Crippen LogP contribution in [0.2, 0.25) is 0 Å². The predicted octanol–water partition coefficient (Wildman–Crippen LogP) is 4.81. The van der Waals surface area contributed by atoms with Crippen molar-refractivity contribution in [3.05, 3.63) is 71.3 Å². The Hall–Kier alpha value is -2.48. The molecule has 0 atom stereocenters. The molecule has 4 rings (SSSR count). The Morgan fingerprint density at radius 3 is 2.45 bits per heavy atom. The van der Waals surface area contributed by atoms with E-state index in [9.17, 15) is 0 Å². The van der Waals surface area contributed by atoms with Crippen molar-refractivity contribution in [3.63, 3.8) is 0 Å². The van der Waals surface area contributed by atoms with E-state index in [1.807, 2.05) is 0 Å². The lowest BCUT2D eigenvalue weighted by atomic mass is 10.0. The first-order chi connectivity index (χ1) is 10.7. The molecule has 0 aliphatic carbocycles. The SMILES string of the molecule is Cc1cccc(C)c1N1COc2ccc3ccccc3c2C1. The fourth-order valence-corrected chi connectivity index (χ4v) is 3.45. The second kappa shape index (κ2) is 5.06. The summed E-state index contributed by atoms with van der Waals surface area (Å²) in [5.74, 6) is 1.01. The van der Waals surface area contributed by atoms with E-state index in [4.69, 9.17) is 4.74 Å². The zero-order valence-corrected chi connectivity index (χ0v) is 13.0. The van der Waals surface area contributed by atoms with Gasteiger partial charge in [-0.1, -0.05) is 48.5 Å². The average Bonchev–Trinajstić information content (AvgIpc) is 2.54. The number of nitrogens with zero attached hydrogens (tertiary/aromatic N) is 1. The standard InChI is InChI=1S/C20H19NO/c1-14-6-5-7-15(2)20(14)21-12-18-17-9-4-3-8-16(17)10-11-19(18)22-13-21/h3-11H,12-13H2,1-2H3. The minimum atomic E-state index is 0.608. The Morgan fingerprint density at radius 2 is 1.64 bits per heavy atom. The summed E-state index contributed by atoms with van der Waals surface area (Å²) in [6.45, 7) is 5.83. The summed E-state index contributed by atoms with van der Waals surface area (Å²) in [5.41, 5.74) is 5.17. The van der Waals surface area contributed by atoms with E-state index in [1.54, 1.807) is 0 Å². The van der Waals surface area contributed by atoms with Gasteiger partial charge < -0.3 is 9.64 Å². The minimum absolute atomic E-state index is 0.608. The molecular weight excluding hydrogens is 270 g/mol. The maximum absolute atomic E-state index is 6.03. The van der Waals surface area contributed by atoms with E-state index >= 15 is 0 Å². The largest absolute Gasteiger partial charge is 0.473 e. The number of hydrogen-bond acceptors (Lipinski definition) is 2. The number of para-hydroxylation sites is 1. The van der Waals surface area contributed by atoms with Gasteiger partial charge in [0, 0.05) is 11.3 Å². The molecule has 1 aliphatic rings. The number of aryl methyl sites for hydroxylation is 2. The Balaban J connectivity index is 1.82. The molecule has 0 bridgehead atoms. The van der Waals surface area contributed by atoms with Crippen molar-refractivity contribution < 1.29 is 4.74 Å². The van der Waals surface area contributed by atoms with Crippen LogP contribution in [0.1, 0.15) is 16.7 Å². The Bertz CT molecular complexity index is 833. The molecule has 3 aromatic rings. The van der Waals surface area contributed by atoms with Gasteiger partial charge in [-0.05, 0) is 41.8 Å². The molecule has 2 heteroatoms. The molecule has 2 nitrogen and oxygen atoms in total. The summed E-state index contributed by atoms with van der Waals surface area (Å²) in [6, 6.07) is 19.2. The Kier molecular flexibility index (Phi) is 3.04. The predicted molar refractivity (Wildman–Crippen MR) is 91.5 cm³/mol. The summed E-state index contributed by atoms with van der Waals surface area (Å²) < 4.78 is 6.03. The lowest BCUT2D eigenvalue weighted by Gasteiger charge is -2.33. The van der Waals surface area contributed by atoms with Crippen LogP contribution in [-0.4, -0.2) is 6.73 Å². The van der Waals surface area contributed by atoms with Crippen LogP contribution in [0.3, 0.4) is 0 Å². The van der Waals surface area contributed by atoms with Crippen LogP contribution in [0, 0.1) is 13.8 Å². The van der Waals surface area contributed by atoms with Crippen LogP contribution in [0.4, 0.5) is 5.69 Å². The molecule has 0 saturated heterocycles. The van der Waals surface area contributed by atoms with Crippen LogP contribution < -0.4 is 9.64 Å². The van der Waals surface area contributed by atoms with Gasteiger partial charge in [-0.15, -0.1) is 0 Å². The van der Waals surface area contributed by atoms with E-state index < -0.39 is 0 Å². The minimum Gasteiger partial charge on any atom is -0.473 e. The third kappa shape index (κ3) is 2.03. The molecule has 0 radical (unpaired) electrons. The van der Waals surface area contributed by atoms with Crippen LogP contribution >= 0.6 is 0 Å². The van der Waals surface area contributed by atoms with Crippen molar-refractivity contribution in [2.24, 2.45) is 0 Å². The van der Waals surface area contributed by atoms with Crippen molar-refractivity contribution in [2.45, 2.75) is 20.4 Å². The molecule has 0 N–H and O–H groups in total. The molecule has 1 heterocycles. The third-order valence-electron chi connectivity index (χ3n) is 4.48. The number of rotatable bonds is 1. The lowest BCUT2D eigenvalue weighted by Crippen LogP contribution is -2.33. The second-order valence-electron chi connectivity index (χ2n) is 5.98. The molecule has 1 aliphatic heterocycles. The number of anilines is 1. The maximum Gasteiger partial charge on any atom is 0.161 e. The molecule has 22 heavy (non-hydrogen) atoms. The Labute approximate surface area is 130 Å². The van der Waals surface area contributed by atoms with Crippen molar-refractivity contribution >= 4 is 16.5 Å². The Morgan fingerprint density at radius 1 is 0.864 bits per heavy atom. The van der Waals surface area contributed by atoms with Gasteiger partial charge in [0.25, 0.3) is 0 Å². The van der Waals surface area contributed by atoms with Gasteiger partial charge >= 0.3 is 0 Å². The molecule has 3 aromatic carbocycles. The first-order valence-electron chi connectivity index (χ1n) is 7.68. The molecule has 0 amide bonds. The fraction of sp³-hybridized carbons (Fsp3) is 0.200. The van der Waals surface area contributed by atoms with Gasteiger partial charge in [0.05, 0.1) is 6.54 Å². The highest BCUT2D eigenvalue weighted by molar-refractivity contribution is 5.88. The average molecular weight is 289 g/mol. The highest BCUT2D eigenvalue weighted by atomic mass is 16.5. The summed E-state index contributed by atoms with van der Waals surface area (Å²) in [4.78, 5) is 2.33. The summed E-state index contributed by atoms with van der Waals surface area (Å²) in [5, 5.41) is 2.56. The van der Waals surface area contributed by atoms with Crippen molar-refractivity contribution in [1.82, 2.24) is 0 Å². The van der Waals surface area contributed by atoms with Gasteiger partial charge in [-0.25, -0.2) is 0 Å². The number of hydrogen-bond donors (Lipinski definition) is 0. The molecule has 0 fully saturated rings. The van der Waals surface area contributed by atoms with Gasteiger partial charge in [0.1, 0.15) is 5.75 Å². The number of fused-ring (bicyclic) bond motifs is 3. The lowest BCUT2D eigenvalue weighted by molar-refractivity contribution is 0.290. The van der Waals surface area contributed by atoms with Crippen LogP contribution in [0.5, 0.6) is 5.75 Å². The fourth-order valence-electron chi connectivity index (χ4n) is 3.45. The summed E-state index contributed by atoms with van der Waals surface area (Å²) in [6.07, 6.45) is 0. The van der Waals surface area contributed by atoms with Crippen molar-refractivity contribution in [2.75, 3.05) is 11.6 Å². The van der Waals surface area contributed by atoms with Crippen molar-refractivity contribution in [3.8, 4) is 5.75 Å². The molecule has 0 unspecified atom stereocenters. The van der Waals surface area contributed by atoms with E-state index in [1.165, 1.54) is 33.2 Å². The van der Waals surface area contributed by atoms with E-state index in [0.717, 1.165) is 12.3 Å². The first kappa shape index (κ1) is 13.2. The van der Waals surface area contributed by atoms with Gasteiger partial charge in [-0.3, -0.25) is 0 Å².